The molecule has 0 heterocycles. The summed E-state index contributed by atoms with van der Waals surface area (Å²) in [5, 5.41) is 20.6. The highest BCUT2D eigenvalue weighted by Crippen LogP contribution is 2.42. The van der Waals surface area contributed by atoms with E-state index >= 15 is 0 Å². The van der Waals surface area contributed by atoms with E-state index in [2.05, 4.69) is 15.5 Å². The van der Waals surface area contributed by atoms with Crippen LogP contribution in [0, 0.1) is 0 Å². The Hall–Kier alpha value is -3.39. The van der Waals surface area contributed by atoms with Crippen LogP contribution in [0.25, 0.3) is 10.8 Å². The lowest BCUT2D eigenvalue weighted by molar-refractivity contribution is -0.114. The lowest BCUT2D eigenvalue weighted by atomic mass is 10.1. The van der Waals surface area contributed by atoms with Crippen molar-refractivity contribution in [3.8, 4) is 5.75 Å². The first-order valence-electron chi connectivity index (χ1n) is 8.41. The van der Waals surface area contributed by atoms with E-state index in [0.717, 1.165) is 12.1 Å². The maximum atomic E-state index is 11.9. The lowest BCUT2D eigenvalue weighted by Gasteiger charge is -2.10. The molecule has 0 fully saturated rings. The zero-order valence-electron chi connectivity index (χ0n) is 15.7. The van der Waals surface area contributed by atoms with E-state index in [0.29, 0.717) is 5.69 Å². The van der Waals surface area contributed by atoms with Crippen molar-refractivity contribution in [2.75, 3.05) is 5.32 Å². The van der Waals surface area contributed by atoms with E-state index < -0.39 is 41.5 Å². The molecule has 31 heavy (non-hydrogen) atoms. The summed E-state index contributed by atoms with van der Waals surface area (Å²) in [6, 6.07) is 10.2. The number of hydrogen-bond acceptors (Lipinski definition) is 8. The molecule has 4 N–H and O–H groups in total. The molecular weight excluding hydrogens is 450 g/mol. The van der Waals surface area contributed by atoms with Crippen LogP contribution in [-0.4, -0.2) is 37.0 Å². The molecule has 11 nitrogen and oxygen atoms in total. The molecule has 0 unspecified atom stereocenters. The summed E-state index contributed by atoms with van der Waals surface area (Å²) in [7, 11) is -9.55. The van der Waals surface area contributed by atoms with Crippen molar-refractivity contribution in [3.63, 3.8) is 0 Å². The topological polar surface area (TPSA) is 183 Å². The average Bonchev–Trinajstić information content (AvgIpc) is 2.65. The predicted octanol–water partition coefficient (Wildman–Crippen LogP) is 3.41. The summed E-state index contributed by atoms with van der Waals surface area (Å²) in [6.45, 7) is 1.28. The van der Waals surface area contributed by atoms with Crippen molar-refractivity contribution in [1.82, 2.24) is 0 Å². The van der Waals surface area contributed by atoms with Gasteiger partial charge >= 0.3 is 0 Å². The molecule has 3 aromatic carbocycles. The Morgan fingerprint density at radius 2 is 1.55 bits per heavy atom. The van der Waals surface area contributed by atoms with Crippen LogP contribution in [0.15, 0.2) is 68.6 Å². The first-order chi connectivity index (χ1) is 14.4. The Morgan fingerprint density at radius 1 is 0.903 bits per heavy atom. The Bertz CT molecular complexity index is 1450. The highest BCUT2D eigenvalue weighted by atomic mass is 32.2. The second kappa shape index (κ2) is 8.03. The van der Waals surface area contributed by atoms with Gasteiger partial charge in [-0.1, -0.05) is 12.1 Å². The molecule has 1 amide bonds. The number of carbonyl (C=O) groups is 1. The molecule has 0 aliphatic heterocycles. The minimum absolute atomic E-state index is 0.124. The van der Waals surface area contributed by atoms with Gasteiger partial charge in [-0.05, 0) is 41.8 Å². The van der Waals surface area contributed by atoms with Crippen molar-refractivity contribution in [3.05, 3.63) is 48.5 Å². The smallest absolute Gasteiger partial charge is 0.296 e. The molecule has 13 heteroatoms. The molecule has 0 bridgehead atoms. The summed E-state index contributed by atoms with van der Waals surface area (Å²) in [6.07, 6.45) is 0. The van der Waals surface area contributed by atoms with Gasteiger partial charge in [0.2, 0.25) is 5.91 Å². The average molecular weight is 465 g/mol. The molecule has 3 aromatic rings. The highest BCUT2D eigenvalue weighted by Gasteiger charge is 2.23. The molecule has 0 saturated heterocycles. The number of aromatic hydroxyl groups is 1. The lowest BCUT2D eigenvalue weighted by Crippen LogP contribution is -2.05. The maximum absolute atomic E-state index is 11.9. The van der Waals surface area contributed by atoms with Crippen molar-refractivity contribution < 1.29 is 35.8 Å². The molecule has 3 rings (SSSR count). The molecule has 0 spiro atoms. The van der Waals surface area contributed by atoms with Gasteiger partial charge in [0.25, 0.3) is 20.2 Å². The van der Waals surface area contributed by atoms with Crippen LogP contribution in [0.3, 0.4) is 0 Å². The number of anilines is 1. The standard InChI is InChI=1S/C18H15N3O8S2/c1-10(22)19-12-6-7-13-11(8-12)9-16(31(27,28)29)17(18(13)23)21-20-14-4-2-3-5-15(14)30(24,25)26/h2-9,23H,1H3,(H,19,22)(H,24,25,26)(H,27,28,29). The second-order valence-corrected chi connectivity index (χ2v) is 9.09. The highest BCUT2D eigenvalue weighted by molar-refractivity contribution is 7.86. The molecule has 162 valence electrons. The van der Waals surface area contributed by atoms with Gasteiger partial charge in [-0.3, -0.25) is 13.9 Å². The third kappa shape index (κ3) is 4.86. The number of amides is 1. The number of azo groups is 1. The fourth-order valence-corrected chi connectivity index (χ4v) is 4.07. The van der Waals surface area contributed by atoms with E-state index in [9.17, 15) is 35.8 Å². The van der Waals surface area contributed by atoms with Crippen molar-refractivity contribution in [2.45, 2.75) is 16.7 Å². The number of hydrogen-bond donors (Lipinski definition) is 4. The summed E-state index contributed by atoms with van der Waals surface area (Å²) in [5.74, 6) is -1.03. The van der Waals surface area contributed by atoms with Crippen LogP contribution in [0.5, 0.6) is 5.75 Å². The van der Waals surface area contributed by atoms with Gasteiger partial charge < -0.3 is 10.4 Å². The number of phenols is 1. The summed E-state index contributed by atoms with van der Waals surface area (Å²) >= 11 is 0. The van der Waals surface area contributed by atoms with Crippen LogP contribution < -0.4 is 5.32 Å². The zero-order chi connectivity index (χ0) is 23.0. The molecule has 0 atom stereocenters. The number of rotatable bonds is 5. The third-order valence-electron chi connectivity index (χ3n) is 4.05. The van der Waals surface area contributed by atoms with Gasteiger partial charge in [0, 0.05) is 18.0 Å². The van der Waals surface area contributed by atoms with Crippen LogP contribution in [0.2, 0.25) is 0 Å². The molecular formula is C18H15N3O8S2. The number of phenolic OH excluding ortho intramolecular Hbond substituents is 1. The fraction of sp³-hybridized carbons (Fsp3) is 0.0556. The molecule has 0 radical (unpaired) electrons. The van der Waals surface area contributed by atoms with Crippen LogP contribution in [0.1, 0.15) is 6.92 Å². The summed E-state index contributed by atoms with van der Waals surface area (Å²) < 4.78 is 65.6. The van der Waals surface area contributed by atoms with Crippen LogP contribution in [0.4, 0.5) is 17.1 Å². The molecule has 0 aliphatic rings. The minimum Gasteiger partial charge on any atom is -0.505 e. The first-order valence-corrected chi connectivity index (χ1v) is 11.3. The van der Waals surface area contributed by atoms with Crippen molar-refractivity contribution in [2.24, 2.45) is 10.2 Å². The maximum Gasteiger partial charge on any atom is 0.296 e. The third-order valence-corrected chi connectivity index (χ3v) is 5.82. The fourth-order valence-electron chi connectivity index (χ4n) is 2.79. The second-order valence-electron chi connectivity index (χ2n) is 6.31. The van der Waals surface area contributed by atoms with Crippen molar-refractivity contribution >= 4 is 54.0 Å². The zero-order valence-corrected chi connectivity index (χ0v) is 17.3. The summed E-state index contributed by atoms with van der Waals surface area (Å²) in [5.41, 5.74) is -0.656. The quantitative estimate of drug-likeness (QED) is 0.326. The first kappa shape index (κ1) is 22.3. The monoisotopic (exact) mass is 465 g/mol. The van der Waals surface area contributed by atoms with Gasteiger partial charge in [-0.15, -0.1) is 10.2 Å². The number of nitrogens with zero attached hydrogens (tertiary/aromatic N) is 2. The number of carbonyl (C=O) groups excluding carboxylic acids is 1. The van der Waals surface area contributed by atoms with Gasteiger partial charge in [-0.25, -0.2) is 0 Å². The Morgan fingerprint density at radius 3 is 2.16 bits per heavy atom. The minimum atomic E-state index is -4.89. The molecule has 0 saturated carbocycles. The number of nitrogens with one attached hydrogen (secondary N) is 1. The van der Waals surface area contributed by atoms with E-state index in [-0.39, 0.29) is 22.4 Å². The van der Waals surface area contributed by atoms with Gasteiger partial charge in [0.1, 0.15) is 21.2 Å². The molecule has 0 aromatic heterocycles. The van der Waals surface area contributed by atoms with E-state index in [1.807, 2.05) is 0 Å². The Balaban J connectivity index is 2.24. The van der Waals surface area contributed by atoms with Gasteiger partial charge in [0.05, 0.1) is 0 Å². The van der Waals surface area contributed by atoms with E-state index in [4.69, 9.17) is 0 Å². The predicted molar refractivity (Wildman–Crippen MR) is 110 cm³/mol. The van der Waals surface area contributed by atoms with Gasteiger partial charge in [-0.2, -0.15) is 16.8 Å². The summed E-state index contributed by atoms with van der Waals surface area (Å²) in [4.78, 5) is 9.84. The van der Waals surface area contributed by atoms with E-state index in [1.165, 1.54) is 43.3 Å². The normalized spacial score (nSPS) is 12.4. The van der Waals surface area contributed by atoms with Crippen LogP contribution >= 0.6 is 0 Å². The largest absolute Gasteiger partial charge is 0.505 e. The van der Waals surface area contributed by atoms with Gasteiger partial charge in [0.15, 0.2) is 5.75 Å². The number of benzene rings is 3. The molecule has 0 aliphatic carbocycles. The SMILES string of the molecule is CC(=O)Nc1ccc2c(O)c(N=Nc3ccccc3S(=O)(=O)O)c(S(=O)(=O)O)cc2c1. The van der Waals surface area contributed by atoms with Crippen LogP contribution in [-0.2, 0) is 25.0 Å². The Kier molecular flexibility index (Phi) is 5.78. The number of fused-ring (bicyclic) bond motifs is 1. The van der Waals surface area contributed by atoms with Crippen molar-refractivity contribution in [1.29, 1.82) is 0 Å². The Labute approximate surface area is 176 Å². The van der Waals surface area contributed by atoms with E-state index in [1.54, 1.807) is 0 Å².